The number of phenolic OH excluding ortho intramolecular Hbond substituents is 1. The number of hydrogen-bond acceptors (Lipinski definition) is 4. The second kappa shape index (κ2) is 8.08. The van der Waals surface area contributed by atoms with Crippen LogP contribution in [0.5, 0.6) is 5.75 Å². The third kappa shape index (κ3) is 4.11. The molecule has 0 saturated heterocycles. The van der Waals surface area contributed by atoms with Crippen LogP contribution in [-0.2, 0) is 12.7 Å². The van der Waals surface area contributed by atoms with Gasteiger partial charge in [-0.3, -0.25) is 9.69 Å². The van der Waals surface area contributed by atoms with Gasteiger partial charge >= 0.3 is 6.18 Å². The Morgan fingerprint density at radius 3 is 2.24 bits per heavy atom. The Balaban J connectivity index is 2.37. The Morgan fingerprint density at radius 2 is 1.69 bits per heavy atom. The minimum absolute atomic E-state index is 0.0251. The van der Waals surface area contributed by atoms with Crippen molar-refractivity contribution in [3.05, 3.63) is 63.0 Å². The van der Waals surface area contributed by atoms with Gasteiger partial charge < -0.3 is 9.52 Å². The number of hydrogen-bond donors (Lipinski definition) is 1. The summed E-state index contributed by atoms with van der Waals surface area (Å²) in [4.78, 5) is 15.0. The average Bonchev–Trinajstić information content (AvgIpc) is 2.67. The van der Waals surface area contributed by atoms with E-state index in [1.807, 2.05) is 18.7 Å². The van der Waals surface area contributed by atoms with Crippen LogP contribution in [0.3, 0.4) is 0 Å². The standard InChI is InChI=1S/C21H19ClF3NO3/c1-3-26(4-2)11-15-16(27)10-9-14-18(28)17(12-5-7-13(22)8-6-12)20(21(23,24)25)29-19(14)15/h5-10,27H,3-4,11H2,1-2H3. The minimum Gasteiger partial charge on any atom is -0.507 e. The second-order valence-electron chi connectivity index (χ2n) is 6.54. The smallest absolute Gasteiger partial charge is 0.450 e. The van der Waals surface area contributed by atoms with Gasteiger partial charge in [0.05, 0.1) is 16.5 Å². The van der Waals surface area contributed by atoms with Crippen LogP contribution in [0.25, 0.3) is 22.1 Å². The van der Waals surface area contributed by atoms with Crippen LogP contribution in [-0.4, -0.2) is 23.1 Å². The van der Waals surface area contributed by atoms with E-state index < -0.39 is 22.9 Å². The lowest BCUT2D eigenvalue weighted by Crippen LogP contribution is -2.23. The van der Waals surface area contributed by atoms with Gasteiger partial charge in [0.1, 0.15) is 11.3 Å². The lowest BCUT2D eigenvalue weighted by Gasteiger charge is -2.20. The molecular weight excluding hydrogens is 407 g/mol. The first-order valence-electron chi connectivity index (χ1n) is 9.04. The van der Waals surface area contributed by atoms with E-state index in [-0.39, 0.29) is 34.4 Å². The highest BCUT2D eigenvalue weighted by Crippen LogP contribution is 2.39. The van der Waals surface area contributed by atoms with Gasteiger partial charge in [0.2, 0.25) is 11.2 Å². The normalized spacial score (nSPS) is 12.1. The van der Waals surface area contributed by atoms with Crippen molar-refractivity contribution in [3.8, 4) is 16.9 Å². The van der Waals surface area contributed by atoms with Gasteiger partial charge in [-0.2, -0.15) is 13.2 Å². The fraction of sp³-hybridized carbons (Fsp3) is 0.286. The highest BCUT2D eigenvalue weighted by molar-refractivity contribution is 6.30. The molecule has 0 bridgehead atoms. The van der Waals surface area contributed by atoms with Gasteiger partial charge in [0, 0.05) is 11.6 Å². The number of aromatic hydroxyl groups is 1. The summed E-state index contributed by atoms with van der Waals surface area (Å²) in [5.41, 5.74) is -1.46. The molecule has 0 spiro atoms. The van der Waals surface area contributed by atoms with E-state index in [9.17, 15) is 23.1 Å². The first-order chi connectivity index (χ1) is 13.7. The van der Waals surface area contributed by atoms with Crippen molar-refractivity contribution < 1.29 is 22.7 Å². The molecule has 0 radical (unpaired) electrons. The van der Waals surface area contributed by atoms with E-state index in [1.54, 1.807) is 0 Å². The summed E-state index contributed by atoms with van der Waals surface area (Å²) < 4.78 is 46.7. The van der Waals surface area contributed by atoms with Crippen molar-refractivity contribution in [1.82, 2.24) is 4.90 Å². The Kier molecular flexibility index (Phi) is 5.91. The molecule has 3 aromatic rings. The van der Waals surface area contributed by atoms with Gasteiger partial charge in [-0.05, 0) is 42.9 Å². The number of fused-ring (bicyclic) bond motifs is 1. The molecule has 3 rings (SSSR count). The molecule has 1 heterocycles. The molecule has 0 atom stereocenters. The topological polar surface area (TPSA) is 53.7 Å². The van der Waals surface area contributed by atoms with Gasteiger partial charge in [-0.1, -0.05) is 37.6 Å². The van der Waals surface area contributed by atoms with Gasteiger partial charge in [0.25, 0.3) is 0 Å². The summed E-state index contributed by atoms with van der Waals surface area (Å²) in [6.07, 6.45) is -4.90. The SMILES string of the molecule is CCN(CC)Cc1c(O)ccc2c(=O)c(-c3ccc(Cl)cc3)c(C(F)(F)F)oc12. The summed E-state index contributed by atoms with van der Waals surface area (Å²) in [7, 11) is 0. The molecule has 0 amide bonds. The lowest BCUT2D eigenvalue weighted by molar-refractivity contribution is -0.152. The van der Waals surface area contributed by atoms with Crippen molar-refractivity contribution in [2.75, 3.05) is 13.1 Å². The minimum atomic E-state index is -4.90. The summed E-state index contributed by atoms with van der Waals surface area (Å²) in [6.45, 7) is 5.16. The molecule has 4 nitrogen and oxygen atoms in total. The van der Waals surface area contributed by atoms with E-state index in [0.717, 1.165) is 0 Å². The third-order valence-corrected chi connectivity index (χ3v) is 5.06. The molecule has 1 N–H and O–H groups in total. The van der Waals surface area contributed by atoms with Gasteiger partial charge in [-0.25, -0.2) is 0 Å². The maximum absolute atomic E-state index is 13.8. The van der Waals surface area contributed by atoms with E-state index in [4.69, 9.17) is 16.0 Å². The first-order valence-corrected chi connectivity index (χ1v) is 9.42. The zero-order valence-electron chi connectivity index (χ0n) is 15.8. The molecule has 0 fully saturated rings. The number of rotatable bonds is 5. The van der Waals surface area contributed by atoms with Gasteiger partial charge in [-0.15, -0.1) is 0 Å². The maximum Gasteiger partial charge on any atom is 0.450 e. The fourth-order valence-corrected chi connectivity index (χ4v) is 3.33. The van der Waals surface area contributed by atoms with E-state index in [1.165, 1.54) is 36.4 Å². The summed E-state index contributed by atoms with van der Waals surface area (Å²) in [6, 6.07) is 8.07. The van der Waals surface area contributed by atoms with E-state index in [0.29, 0.717) is 18.1 Å². The highest BCUT2D eigenvalue weighted by Gasteiger charge is 2.39. The van der Waals surface area contributed by atoms with Crippen LogP contribution in [0.2, 0.25) is 5.02 Å². The quantitative estimate of drug-likeness (QED) is 0.571. The molecule has 0 aliphatic rings. The zero-order chi connectivity index (χ0) is 21.3. The Hall–Kier alpha value is -2.51. The monoisotopic (exact) mass is 425 g/mol. The molecule has 0 aliphatic heterocycles. The van der Waals surface area contributed by atoms with Crippen LogP contribution in [0, 0.1) is 0 Å². The highest BCUT2D eigenvalue weighted by atomic mass is 35.5. The van der Waals surface area contributed by atoms with Gasteiger partial charge in [0.15, 0.2) is 0 Å². The second-order valence-corrected chi connectivity index (χ2v) is 6.98. The van der Waals surface area contributed by atoms with Crippen molar-refractivity contribution >= 4 is 22.6 Å². The van der Waals surface area contributed by atoms with Crippen molar-refractivity contribution in [2.24, 2.45) is 0 Å². The van der Waals surface area contributed by atoms with Crippen LogP contribution in [0.1, 0.15) is 25.2 Å². The number of benzene rings is 2. The molecule has 29 heavy (non-hydrogen) atoms. The molecule has 1 aromatic heterocycles. The van der Waals surface area contributed by atoms with Crippen molar-refractivity contribution in [2.45, 2.75) is 26.6 Å². The van der Waals surface area contributed by atoms with E-state index >= 15 is 0 Å². The fourth-order valence-electron chi connectivity index (χ4n) is 3.21. The van der Waals surface area contributed by atoms with Crippen molar-refractivity contribution in [1.29, 1.82) is 0 Å². The maximum atomic E-state index is 13.8. The molecule has 154 valence electrons. The summed E-state index contributed by atoms with van der Waals surface area (Å²) >= 11 is 5.82. The van der Waals surface area contributed by atoms with Crippen LogP contribution < -0.4 is 5.43 Å². The largest absolute Gasteiger partial charge is 0.507 e. The Morgan fingerprint density at radius 1 is 1.07 bits per heavy atom. The Bertz CT molecular complexity index is 1090. The summed E-state index contributed by atoms with van der Waals surface area (Å²) in [5.74, 6) is -1.62. The Labute approximate surface area is 170 Å². The predicted molar refractivity (Wildman–Crippen MR) is 106 cm³/mol. The molecular formula is C21H19ClF3NO3. The van der Waals surface area contributed by atoms with Crippen LogP contribution >= 0.6 is 11.6 Å². The number of alkyl halides is 3. The molecule has 2 aromatic carbocycles. The number of phenols is 1. The number of nitrogens with zero attached hydrogens (tertiary/aromatic N) is 1. The zero-order valence-corrected chi connectivity index (χ0v) is 16.6. The van der Waals surface area contributed by atoms with Crippen molar-refractivity contribution in [3.63, 3.8) is 0 Å². The average molecular weight is 426 g/mol. The number of halogens is 4. The molecule has 0 saturated carbocycles. The van der Waals surface area contributed by atoms with E-state index in [2.05, 4.69) is 0 Å². The van der Waals surface area contributed by atoms with Crippen LogP contribution in [0.4, 0.5) is 13.2 Å². The first kappa shape index (κ1) is 21.2. The summed E-state index contributed by atoms with van der Waals surface area (Å²) in [5, 5.41) is 10.6. The third-order valence-electron chi connectivity index (χ3n) is 4.81. The van der Waals surface area contributed by atoms with Crippen LogP contribution in [0.15, 0.2) is 45.6 Å². The molecule has 0 aliphatic carbocycles. The lowest BCUT2D eigenvalue weighted by atomic mass is 10.00. The molecule has 8 heteroatoms. The molecule has 0 unspecified atom stereocenters. The predicted octanol–water partition coefficient (Wildman–Crippen LogP) is 5.68.